The minimum atomic E-state index is -4.57. The van der Waals surface area contributed by atoms with E-state index >= 15 is 0 Å². The molecule has 6 heteroatoms. The van der Waals surface area contributed by atoms with E-state index in [4.69, 9.17) is 0 Å². The Kier molecular flexibility index (Phi) is 2.23. The lowest BCUT2D eigenvalue weighted by atomic mass is 10.1. The molecule has 3 N–H and O–H groups in total. The Morgan fingerprint density at radius 2 is 1.88 bits per heavy atom. The van der Waals surface area contributed by atoms with E-state index < -0.39 is 17.4 Å². The second-order valence-corrected chi connectivity index (χ2v) is 3.31. The van der Waals surface area contributed by atoms with Gasteiger partial charge in [-0.05, 0) is 12.1 Å². The van der Waals surface area contributed by atoms with Gasteiger partial charge >= 0.3 is 11.8 Å². The number of rotatable bonds is 0. The fourth-order valence-electron chi connectivity index (χ4n) is 1.44. The van der Waals surface area contributed by atoms with Crippen LogP contribution < -0.4 is 11.4 Å². The van der Waals surface area contributed by atoms with E-state index in [9.17, 15) is 18.0 Å². The molecule has 0 fully saturated rings. The van der Waals surface area contributed by atoms with Crippen LogP contribution in [0.3, 0.4) is 0 Å². The number of quaternary nitrogens is 1. The van der Waals surface area contributed by atoms with Crippen molar-refractivity contribution < 1.29 is 23.3 Å². The number of hydrogen-bond acceptors (Lipinski definition) is 2. The molecular formula is C10H7F3NO2+. The Morgan fingerprint density at radius 1 is 1.19 bits per heavy atom. The fraction of sp³-hybridized carbons (Fsp3) is 0.100. The van der Waals surface area contributed by atoms with E-state index in [0.29, 0.717) is 11.8 Å². The summed E-state index contributed by atoms with van der Waals surface area (Å²) in [6.45, 7) is 0. The van der Waals surface area contributed by atoms with Gasteiger partial charge in [0.15, 0.2) is 0 Å². The van der Waals surface area contributed by atoms with Gasteiger partial charge in [0.1, 0.15) is 11.3 Å². The summed E-state index contributed by atoms with van der Waals surface area (Å²) in [7, 11) is 0. The molecule has 0 aliphatic rings. The molecule has 0 saturated carbocycles. The standard InChI is InChI=1S/C10H6F3NO2/c11-10(12,13)7-4-9(15)16-8-3-5(14)1-2-6(7)8/h1-4H,14H2/p+1. The molecule has 0 aliphatic carbocycles. The first-order valence-corrected chi connectivity index (χ1v) is 4.35. The van der Waals surface area contributed by atoms with Gasteiger partial charge in [0.05, 0.1) is 5.56 Å². The maximum absolute atomic E-state index is 12.6. The van der Waals surface area contributed by atoms with E-state index in [-0.39, 0.29) is 11.0 Å². The molecule has 0 amide bonds. The molecule has 2 rings (SSSR count). The maximum atomic E-state index is 12.6. The Hall–Kier alpha value is -1.82. The summed E-state index contributed by atoms with van der Waals surface area (Å²) in [6.07, 6.45) is -4.57. The molecule has 0 radical (unpaired) electrons. The maximum Gasteiger partial charge on any atom is 0.417 e. The van der Waals surface area contributed by atoms with E-state index in [1.807, 2.05) is 0 Å². The second kappa shape index (κ2) is 3.34. The molecular weight excluding hydrogens is 223 g/mol. The van der Waals surface area contributed by atoms with Gasteiger partial charge in [-0.15, -0.1) is 0 Å². The molecule has 0 spiro atoms. The number of halogens is 3. The molecule has 0 unspecified atom stereocenters. The first-order chi connectivity index (χ1) is 7.38. The van der Waals surface area contributed by atoms with Crippen LogP contribution in [-0.2, 0) is 6.18 Å². The highest BCUT2D eigenvalue weighted by atomic mass is 19.4. The molecule has 0 atom stereocenters. The van der Waals surface area contributed by atoms with Gasteiger partial charge in [-0.25, -0.2) is 4.79 Å². The number of alkyl halides is 3. The van der Waals surface area contributed by atoms with Gasteiger partial charge in [-0.2, -0.15) is 13.2 Å². The normalized spacial score (nSPS) is 12.0. The zero-order valence-corrected chi connectivity index (χ0v) is 7.97. The zero-order valence-electron chi connectivity index (χ0n) is 7.97. The van der Waals surface area contributed by atoms with E-state index in [0.717, 1.165) is 0 Å². The van der Waals surface area contributed by atoms with Gasteiger partial charge in [0.2, 0.25) is 0 Å². The molecule has 0 aliphatic heterocycles. The molecule has 16 heavy (non-hydrogen) atoms. The summed E-state index contributed by atoms with van der Waals surface area (Å²) in [4.78, 5) is 11.0. The quantitative estimate of drug-likeness (QED) is 0.700. The summed E-state index contributed by atoms with van der Waals surface area (Å²) < 4.78 is 42.5. The van der Waals surface area contributed by atoms with Gasteiger partial charge in [0.25, 0.3) is 0 Å². The van der Waals surface area contributed by atoms with Crippen molar-refractivity contribution in [3.8, 4) is 0 Å². The smallest absolute Gasteiger partial charge is 0.417 e. The molecule has 1 aromatic heterocycles. The van der Waals surface area contributed by atoms with Crippen molar-refractivity contribution in [1.82, 2.24) is 0 Å². The average molecular weight is 230 g/mol. The van der Waals surface area contributed by atoms with Crippen LogP contribution in [0, 0.1) is 0 Å². The van der Waals surface area contributed by atoms with Crippen LogP contribution >= 0.6 is 0 Å². The second-order valence-electron chi connectivity index (χ2n) is 3.31. The highest BCUT2D eigenvalue weighted by Gasteiger charge is 2.33. The third kappa shape index (κ3) is 1.79. The molecule has 0 bridgehead atoms. The third-order valence-electron chi connectivity index (χ3n) is 2.11. The summed E-state index contributed by atoms with van der Waals surface area (Å²) in [5.74, 6) is 0. The summed E-state index contributed by atoms with van der Waals surface area (Å²) >= 11 is 0. The molecule has 84 valence electrons. The van der Waals surface area contributed by atoms with E-state index in [2.05, 4.69) is 10.2 Å². The molecule has 2 aromatic rings. The Morgan fingerprint density at radius 3 is 2.50 bits per heavy atom. The number of benzene rings is 1. The van der Waals surface area contributed by atoms with Crippen molar-refractivity contribution >= 4 is 16.7 Å². The van der Waals surface area contributed by atoms with Crippen molar-refractivity contribution in [1.29, 1.82) is 0 Å². The van der Waals surface area contributed by atoms with Gasteiger partial charge in [0, 0.05) is 17.5 Å². The van der Waals surface area contributed by atoms with Crippen molar-refractivity contribution in [2.24, 2.45) is 0 Å². The molecule has 0 saturated heterocycles. The first kappa shape index (κ1) is 10.7. The zero-order chi connectivity index (χ0) is 11.9. The van der Waals surface area contributed by atoms with E-state index in [1.54, 1.807) is 0 Å². The monoisotopic (exact) mass is 230 g/mol. The fourth-order valence-corrected chi connectivity index (χ4v) is 1.44. The van der Waals surface area contributed by atoms with Gasteiger partial charge in [-0.3, -0.25) is 0 Å². The largest absolute Gasteiger partial charge is 0.422 e. The van der Waals surface area contributed by atoms with Crippen molar-refractivity contribution in [3.05, 3.63) is 40.2 Å². The minimum Gasteiger partial charge on any atom is -0.422 e. The average Bonchev–Trinajstić information content (AvgIpc) is 2.14. The van der Waals surface area contributed by atoms with Crippen LogP contribution in [0.15, 0.2) is 33.5 Å². The summed E-state index contributed by atoms with van der Waals surface area (Å²) in [5.41, 5.74) is 1.92. The molecule has 1 aromatic carbocycles. The van der Waals surface area contributed by atoms with Crippen molar-refractivity contribution in [2.45, 2.75) is 6.18 Å². The SMILES string of the molecule is [NH3+]c1ccc2c(C(F)(F)F)cc(=O)oc2c1. The topological polar surface area (TPSA) is 57.9 Å². The van der Waals surface area contributed by atoms with Crippen molar-refractivity contribution in [3.63, 3.8) is 0 Å². The van der Waals surface area contributed by atoms with Crippen LogP contribution in [0.5, 0.6) is 0 Å². The van der Waals surface area contributed by atoms with E-state index in [1.165, 1.54) is 18.2 Å². The predicted molar refractivity (Wildman–Crippen MR) is 50.0 cm³/mol. The highest BCUT2D eigenvalue weighted by Crippen LogP contribution is 2.33. The lowest BCUT2D eigenvalue weighted by Crippen LogP contribution is -2.39. The lowest BCUT2D eigenvalue weighted by molar-refractivity contribution is -0.254. The van der Waals surface area contributed by atoms with Crippen LogP contribution in [-0.4, -0.2) is 0 Å². The van der Waals surface area contributed by atoms with Gasteiger partial charge < -0.3 is 10.2 Å². The first-order valence-electron chi connectivity index (χ1n) is 4.35. The van der Waals surface area contributed by atoms with Crippen molar-refractivity contribution in [2.75, 3.05) is 0 Å². The summed E-state index contributed by atoms with van der Waals surface area (Å²) in [6, 6.07) is 4.41. The Labute approximate surface area is 87.3 Å². The van der Waals surface area contributed by atoms with Crippen LogP contribution in [0.1, 0.15) is 5.56 Å². The summed E-state index contributed by atoms with van der Waals surface area (Å²) in [5, 5.41) is -0.139. The van der Waals surface area contributed by atoms with Crippen LogP contribution in [0.25, 0.3) is 11.0 Å². The van der Waals surface area contributed by atoms with Crippen LogP contribution in [0.2, 0.25) is 0 Å². The van der Waals surface area contributed by atoms with Crippen LogP contribution in [0.4, 0.5) is 18.9 Å². The lowest BCUT2D eigenvalue weighted by Gasteiger charge is -2.08. The van der Waals surface area contributed by atoms with Gasteiger partial charge in [-0.1, -0.05) is 0 Å². The molecule has 1 heterocycles. The Balaban J connectivity index is 2.89. The minimum absolute atomic E-state index is 0.104. The number of fused-ring (bicyclic) bond motifs is 1. The third-order valence-corrected chi connectivity index (χ3v) is 2.11. The molecule has 3 nitrogen and oxygen atoms in total. The highest BCUT2D eigenvalue weighted by molar-refractivity contribution is 5.82. The Bertz CT molecular complexity index is 601. The predicted octanol–water partition coefficient (Wildman–Crippen LogP) is 1.69. The number of hydrogen-bond donors (Lipinski definition) is 1.